The standard InChI is InChI=1S/C10H22N2/c1-4-10(2,11)8-12(3)9-6-5-7-9/h9H,4-8,11H2,1-3H3. The summed E-state index contributed by atoms with van der Waals surface area (Å²) in [6.45, 7) is 5.34. The number of hydrogen-bond acceptors (Lipinski definition) is 2. The van der Waals surface area contributed by atoms with Crippen LogP contribution in [-0.4, -0.2) is 30.1 Å². The minimum Gasteiger partial charge on any atom is -0.324 e. The fourth-order valence-corrected chi connectivity index (χ4v) is 1.64. The fourth-order valence-electron chi connectivity index (χ4n) is 1.64. The Morgan fingerprint density at radius 3 is 2.42 bits per heavy atom. The molecule has 0 radical (unpaired) electrons. The smallest absolute Gasteiger partial charge is 0.0252 e. The molecule has 0 amide bonds. The van der Waals surface area contributed by atoms with E-state index in [2.05, 4.69) is 25.8 Å². The van der Waals surface area contributed by atoms with Crippen LogP contribution in [0.4, 0.5) is 0 Å². The second-order valence-electron chi connectivity index (χ2n) is 4.51. The van der Waals surface area contributed by atoms with Crippen molar-refractivity contribution in [1.29, 1.82) is 0 Å². The first-order valence-corrected chi connectivity index (χ1v) is 5.04. The Morgan fingerprint density at radius 2 is 2.08 bits per heavy atom. The second-order valence-corrected chi connectivity index (χ2v) is 4.51. The molecule has 72 valence electrons. The van der Waals surface area contributed by atoms with Gasteiger partial charge in [-0.25, -0.2) is 0 Å². The average molecular weight is 170 g/mol. The zero-order valence-corrected chi connectivity index (χ0v) is 8.64. The summed E-state index contributed by atoms with van der Waals surface area (Å²) in [7, 11) is 2.20. The molecular formula is C10H22N2. The zero-order valence-electron chi connectivity index (χ0n) is 8.64. The van der Waals surface area contributed by atoms with Crippen molar-refractivity contribution >= 4 is 0 Å². The van der Waals surface area contributed by atoms with Gasteiger partial charge in [-0.05, 0) is 33.2 Å². The SMILES string of the molecule is CCC(C)(N)CN(C)C1CCC1. The van der Waals surface area contributed by atoms with E-state index < -0.39 is 0 Å². The van der Waals surface area contributed by atoms with E-state index >= 15 is 0 Å². The number of rotatable bonds is 4. The van der Waals surface area contributed by atoms with Crippen LogP contribution in [0.5, 0.6) is 0 Å². The molecule has 2 nitrogen and oxygen atoms in total. The summed E-state index contributed by atoms with van der Waals surface area (Å²) in [6, 6.07) is 0.819. The van der Waals surface area contributed by atoms with Gasteiger partial charge >= 0.3 is 0 Å². The number of nitrogens with zero attached hydrogens (tertiary/aromatic N) is 1. The Bertz CT molecular complexity index is 139. The molecule has 0 aromatic heterocycles. The van der Waals surface area contributed by atoms with Crippen molar-refractivity contribution in [2.24, 2.45) is 5.73 Å². The molecule has 12 heavy (non-hydrogen) atoms. The van der Waals surface area contributed by atoms with Crippen LogP contribution in [0, 0.1) is 0 Å². The van der Waals surface area contributed by atoms with Crippen molar-refractivity contribution in [3.05, 3.63) is 0 Å². The van der Waals surface area contributed by atoms with Crippen LogP contribution in [0.15, 0.2) is 0 Å². The summed E-state index contributed by atoms with van der Waals surface area (Å²) in [5, 5.41) is 0. The average Bonchev–Trinajstić information content (AvgIpc) is 1.82. The van der Waals surface area contributed by atoms with E-state index in [4.69, 9.17) is 5.73 Å². The summed E-state index contributed by atoms with van der Waals surface area (Å²) in [5.74, 6) is 0. The molecule has 0 aromatic rings. The van der Waals surface area contributed by atoms with Gasteiger partial charge in [-0.3, -0.25) is 0 Å². The lowest BCUT2D eigenvalue weighted by molar-refractivity contribution is 0.130. The van der Waals surface area contributed by atoms with E-state index in [1.165, 1.54) is 19.3 Å². The van der Waals surface area contributed by atoms with Crippen molar-refractivity contribution in [3.63, 3.8) is 0 Å². The minimum atomic E-state index is 0.00431. The highest BCUT2D eigenvalue weighted by Crippen LogP contribution is 2.24. The molecule has 0 aliphatic heterocycles. The highest BCUT2D eigenvalue weighted by Gasteiger charge is 2.26. The normalized spacial score (nSPS) is 23.8. The molecule has 1 fully saturated rings. The largest absolute Gasteiger partial charge is 0.324 e. The summed E-state index contributed by atoms with van der Waals surface area (Å²) < 4.78 is 0. The molecule has 1 unspecified atom stereocenters. The third-order valence-electron chi connectivity index (χ3n) is 3.12. The minimum absolute atomic E-state index is 0.00431. The van der Waals surface area contributed by atoms with E-state index in [0.29, 0.717) is 0 Å². The molecule has 2 N–H and O–H groups in total. The molecule has 1 aliphatic carbocycles. The Kier molecular flexibility index (Phi) is 3.13. The van der Waals surface area contributed by atoms with Gasteiger partial charge < -0.3 is 10.6 Å². The highest BCUT2D eigenvalue weighted by molar-refractivity contribution is 4.85. The Labute approximate surface area is 76.1 Å². The molecule has 1 atom stereocenters. The number of likely N-dealkylation sites (N-methyl/N-ethyl adjacent to an activating group) is 1. The maximum atomic E-state index is 6.09. The van der Waals surface area contributed by atoms with Gasteiger partial charge in [0.2, 0.25) is 0 Å². The highest BCUT2D eigenvalue weighted by atomic mass is 15.2. The number of nitrogens with two attached hydrogens (primary N) is 1. The van der Waals surface area contributed by atoms with Gasteiger partial charge in [-0.15, -0.1) is 0 Å². The molecule has 0 saturated heterocycles. The summed E-state index contributed by atoms with van der Waals surface area (Å²) in [4.78, 5) is 2.42. The first-order chi connectivity index (χ1) is 5.55. The quantitative estimate of drug-likeness (QED) is 0.694. The van der Waals surface area contributed by atoms with Gasteiger partial charge in [-0.2, -0.15) is 0 Å². The molecule has 2 heteroatoms. The second kappa shape index (κ2) is 3.75. The lowest BCUT2D eigenvalue weighted by Gasteiger charge is -2.39. The first kappa shape index (κ1) is 10.0. The van der Waals surface area contributed by atoms with Gasteiger partial charge in [0.1, 0.15) is 0 Å². The molecule has 0 spiro atoms. The molecule has 1 aliphatic rings. The molecule has 1 rings (SSSR count). The molecule has 0 bridgehead atoms. The van der Waals surface area contributed by atoms with Crippen LogP contribution in [0.1, 0.15) is 39.5 Å². The summed E-state index contributed by atoms with van der Waals surface area (Å²) >= 11 is 0. The zero-order chi connectivity index (χ0) is 9.19. The van der Waals surface area contributed by atoms with Gasteiger partial charge in [-0.1, -0.05) is 13.3 Å². The summed E-state index contributed by atoms with van der Waals surface area (Å²) in [5.41, 5.74) is 6.10. The van der Waals surface area contributed by atoms with E-state index in [1.54, 1.807) is 0 Å². The van der Waals surface area contributed by atoms with Gasteiger partial charge in [0.25, 0.3) is 0 Å². The summed E-state index contributed by atoms with van der Waals surface area (Å²) in [6.07, 6.45) is 5.21. The van der Waals surface area contributed by atoms with Crippen LogP contribution < -0.4 is 5.73 Å². The van der Waals surface area contributed by atoms with Gasteiger partial charge in [0, 0.05) is 18.1 Å². The van der Waals surface area contributed by atoms with Crippen LogP contribution >= 0.6 is 0 Å². The molecule has 0 heterocycles. The van der Waals surface area contributed by atoms with E-state index in [0.717, 1.165) is 19.0 Å². The molecular weight excluding hydrogens is 148 g/mol. The van der Waals surface area contributed by atoms with Crippen molar-refractivity contribution in [3.8, 4) is 0 Å². The van der Waals surface area contributed by atoms with Crippen molar-refractivity contribution < 1.29 is 0 Å². The lowest BCUT2D eigenvalue weighted by atomic mass is 9.90. The third-order valence-corrected chi connectivity index (χ3v) is 3.12. The van der Waals surface area contributed by atoms with Crippen molar-refractivity contribution in [2.75, 3.05) is 13.6 Å². The van der Waals surface area contributed by atoms with Crippen LogP contribution in [0.3, 0.4) is 0 Å². The predicted octanol–water partition coefficient (Wildman–Crippen LogP) is 1.60. The Balaban J connectivity index is 2.28. The van der Waals surface area contributed by atoms with Gasteiger partial charge in [0.05, 0.1) is 0 Å². The van der Waals surface area contributed by atoms with E-state index in [1.807, 2.05) is 0 Å². The maximum absolute atomic E-state index is 6.09. The predicted molar refractivity (Wildman–Crippen MR) is 53.2 cm³/mol. The monoisotopic (exact) mass is 170 g/mol. The van der Waals surface area contributed by atoms with Crippen molar-refractivity contribution in [1.82, 2.24) is 4.90 Å². The van der Waals surface area contributed by atoms with Gasteiger partial charge in [0.15, 0.2) is 0 Å². The molecule has 0 aromatic carbocycles. The third kappa shape index (κ3) is 2.46. The Morgan fingerprint density at radius 1 is 1.50 bits per heavy atom. The van der Waals surface area contributed by atoms with Crippen LogP contribution in [0.25, 0.3) is 0 Å². The first-order valence-electron chi connectivity index (χ1n) is 5.04. The van der Waals surface area contributed by atoms with Crippen LogP contribution in [-0.2, 0) is 0 Å². The van der Waals surface area contributed by atoms with Crippen molar-refractivity contribution in [2.45, 2.75) is 51.1 Å². The fraction of sp³-hybridized carbons (Fsp3) is 1.00. The van der Waals surface area contributed by atoms with Crippen LogP contribution in [0.2, 0.25) is 0 Å². The number of hydrogen-bond donors (Lipinski definition) is 1. The van der Waals surface area contributed by atoms with E-state index in [-0.39, 0.29) is 5.54 Å². The Hall–Kier alpha value is -0.0800. The lowest BCUT2D eigenvalue weighted by Crippen LogP contribution is -2.50. The van der Waals surface area contributed by atoms with E-state index in [9.17, 15) is 0 Å². The topological polar surface area (TPSA) is 29.3 Å². The molecule has 1 saturated carbocycles. The maximum Gasteiger partial charge on any atom is 0.0252 e.